The van der Waals surface area contributed by atoms with Crippen LogP contribution in [0, 0.1) is 0 Å². The Bertz CT molecular complexity index is 609. The number of nitrogens with one attached hydrogen (secondary N) is 1. The molecular weight excluding hydrogens is 288 g/mol. The monoisotopic (exact) mass is 310 g/mol. The van der Waals surface area contributed by atoms with Crippen molar-refractivity contribution in [2.45, 2.75) is 45.6 Å². The SMILES string of the molecule is CCCCS(=O)(=O)Nc1ccccc1N(C(C)=O)C1CC1. The number of anilines is 2. The molecule has 0 radical (unpaired) electrons. The summed E-state index contributed by atoms with van der Waals surface area (Å²) >= 11 is 0. The number of rotatable bonds is 7. The molecule has 1 aliphatic rings. The normalized spacial score (nSPS) is 14.8. The second kappa shape index (κ2) is 6.47. The van der Waals surface area contributed by atoms with Crippen molar-refractivity contribution in [3.63, 3.8) is 0 Å². The smallest absolute Gasteiger partial charge is 0.232 e. The van der Waals surface area contributed by atoms with E-state index in [1.807, 2.05) is 13.0 Å². The number of hydrogen-bond acceptors (Lipinski definition) is 3. The molecule has 1 N–H and O–H groups in total. The van der Waals surface area contributed by atoms with Crippen molar-refractivity contribution in [1.82, 2.24) is 0 Å². The number of carbonyl (C=O) groups excluding carboxylic acids is 1. The molecule has 0 spiro atoms. The fourth-order valence-corrected chi connectivity index (χ4v) is 3.56. The summed E-state index contributed by atoms with van der Waals surface area (Å²) in [5.41, 5.74) is 1.13. The van der Waals surface area contributed by atoms with Gasteiger partial charge in [-0.2, -0.15) is 0 Å². The van der Waals surface area contributed by atoms with Gasteiger partial charge in [0, 0.05) is 13.0 Å². The maximum Gasteiger partial charge on any atom is 0.232 e. The minimum Gasteiger partial charge on any atom is -0.308 e. The van der Waals surface area contributed by atoms with E-state index in [4.69, 9.17) is 0 Å². The fraction of sp³-hybridized carbons (Fsp3) is 0.533. The molecule has 1 aromatic carbocycles. The number of unbranched alkanes of at least 4 members (excludes halogenated alkanes) is 1. The summed E-state index contributed by atoms with van der Waals surface area (Å²) in [4.78, 5) is 13.6. The summed E-state index contributed by atoms with van der Waals surface area (Å²) in [7, 11) is -3.37. The topological polar surface area (TPSA) is 66.5 Å². The highest BCUT2D eigenvalue weighted by Gasteiger charge is 2.33. The van der Waals surface area contributed by atoms with Crippen LogP contribution in [0.25, 0.3) is 0 Å². The van der Waals surface area contributed by atoms with Crippen LogP contribution in [0.5, 0.6) is 0 Å². The zero-order chi connectivity index (χ0) is 15.5. The molecule has 0 heterocycles. The standard InChI is InChI=1S/C15H22N2O3S/c1-3-4-11-21(19,20)16-14-7-5-6-8-15(14)17(12(2)18)13-9-10-13/h5-8,13,16H,3-4,9-11H2,1-2H3. The van der Waals surface area contributed by atoms with E-state index >= 15 is 0 Å². The Labute approximate surface area is 126 Å². The van der Waals surface area contributed by atoms with E-state index in [1.54, 1.807) is 23.1 Å². The highest BCUT2D eigenvalue weighted by atomic mass is 32.2. The van der Waals surface area contributed by atoms with Crippen molar-refractivity contribution in [1.29, 1.82) is 0 Å². The third-order valence-corrected chi connectivity index (χ3v) is 4.80. The van der Waals surface area contributed by atoms with Gasteiger partial charge in [-0.15, -0.1) is 0 Å². The molecule has 1 saturated carbocycles. The van der Waals surface area contributed by atoms with Crippen LogP contribution >= 0.6 is 0 Å². The van der Waals surface area contributed by atoms with Crippen LogP contribution in [-0.4, -0.2) is 26.1 Å². The summed E-state index contributed by atoms with van der Waals surface area (Å²) in [6, 6.07) is 7.28. The lowest BCUT2D eigenvalue weighted by Gasteiger charge is -2.24. The van der Waals surface area contributed by atoms with Gasteiger partial charge in [0.2, 0.25) is 15.9 Å². The number of para-hydroxylation sites is 2. The van der Waals surface area contributed by atoms with Crippen LogP contribution in [0.1, 0.15) is 39.5 Å². The quantitative estimate of drug-likeness (QED) is 0.842. The lowest BCUT2D eigenvalue weighted by molar-refractivity contribution is -0.116. The van der Waals surface area contributed by atoms with Crippen molar-refractivity contribution in [3.05, 3.63) is 24.3 Å². The summed E-state index contributed by atoms with van der Waals surface area (Å²) in [5, 5.41) is 0. The molecule has 1 aromatic rings. The second-order valence-electron chi connectivity index (χ2n) is 5.41. The maximum absolute atomic E-state index is 12.1. The number of amides is 1. The molecule has 0 aliphatic heterocycles. The maximum atomic E-state index is 12.1. The number of sulfonamides is 1. The lowest BCUT2D eigenvalue weighted by Crippen LogP contribution is -2.31. The molecule has 0 bridgehead atoms. The van der Waals surface area contributed by atoms with Gasteiger partial charge in [0.25, 0.3) is 0 Å². The third-order valence-electron chi connectivity index (χ3n) is 3.45. The summed E-state index contributed by atoms with van der Waals surface area (Å²) < 4.78 is 26.8. The Morgan fingerprint density at radius 2 is 2.00 bits per heavy atom. The zero-order valence-corrected chi connectivity index (χ0v) is 13.3. The van der Waals surface area contributed by atoms with Gasteiger partial charge >= 0.3 is 0 Å². The van der Waals surface area contributed by atoms with Crippen molar-refractivity contribution in [2.75, 3.05) is 15.4 Å². The molecule has 0 saturated heterocycles. The highest BCUT2D eigenvalue weighted by Crippen LogP contribution is 2.36. The molecule has 0 atom stereocenters. The fourth-order valence-electron chi connectivity index (χ4n) is 2.28. The van der Waals surface area contributed by atoms with Gasteiger partial charge in [-0.1, -0.05) is 25.5 Å². The van der Waals surface area contributed by atoms with Gasteiger partial charge in [-0.05, 0) is 31.4 Å². The molecule has 1 amide bonds. The first kappa shape index (κ1) is 15.8. The molecule has 5 nitrogen and oxygen atoms in total. The Hall–Kier alpha value is -1.56. The van der Waals surface area contributed by atoms with Gasteiger partial charge in [-0.25, -0.2) is 8.42 Å². The Morgan fingerprint density at radius 3 is 2.57 bits per heavy atom. The Morgan fingerprint density at radius 1 is 1.33 bits per heavy atom. The number of hydrogen-bond donors (Lipinski definition) is 1. The predicted octanol–water partition coefficient (Wildman–Crippen LogP) is 2.74. The molecule has 2 rings (SSSR count). The molecule has 21 heavy (non-hydrogen) atoms. The summed E-state index contributed by atoms with van der Waals surface area (Å²) in [6.45, 7) is 3.47. The van der Waals surface area contributed by atoms with Crippen molar-refractivity contribution in [2.24, 2.45) is 0 Å². The first-order chi connectivity index (χ1) is 9.94. The minimum atomic E-state index is -3.37. The van der Waals surface area contributed by atoms with E-state index in [-0.39, 0.29) is 17.7 Å². The lowest BCUT2D eigenvalue weighted by atomic mass is 10.2. The molecule has 0 unspecified atom stereocenters. The van der Waals surface area contributed by atoms with Gasteiger partial charge in [-0.3, -0.25) is 9.52 Å². The molecule has 6 heteroatoms. The highest BCUT2D eigenvalue weighted by molar-refractivity contribution is 7.92. The van der Waals surface area contributed by atoms with Gasteiger partial charge < -0.3 is 4.90 Å². The molecule has 1 fully saturated rings. The van der Waals surface area contributed by atoms with E-state index in [0.29, 0.717) is 17.8 Å². The van der Waals surface area contributed by atoms with Crippen molar-refractivity contribution in [3.8, 4) is 0 Å². The van der Waals surface area contributed by atoms with Crippen LogP contribution < -0.4 is 9.62 Å². The zero-order valence-electron chi connectivity index (χ0n) is 12.5. The van der Waals surface area contributed by atoms with Gasteiger partial charge in [0.1, 0.15) is 0 Å². The average Bonchev–Trinajstić information content (AvgIpc) is 3.23. The van der Waals surface area contributed by atoms with Gasteiger partial charge in [0.15, 0.2) is 0 Å². The first-order valence-electron chi connectivity index (χ1n) is 7.34. The summed E-state index contributed by atoms with van der Waals surface area (Å²) in [6.07, 6.45) is 3.38. The van der Waals surface area contributed by atoms with Crippen LogP contribution in [-0.2, 0) is 14.8 Å². The minimum absolute atomic E-state index is 0.0577. The average molecular weight is 310 g/mol. The largest absolute Gasteiger partial charge is 0.308 e. The number of carbonyl (C=O) groups is 1. The van der Waals surface area contributed by atoms with Crippen LogP contribution in [0.3, 0.4) is 0 Å². The number of nitrogens with zero attached hydrogens (tertiary/aromatic N) is 1. The molecule has 116 valence electrons. The summed E-state index contributed by atoms with van der Waals surface area (Å²) in [5.74, 6) is 0.0409. The Kier molecular flexibility index (Phi) is 4.88. The number of benzene rings is 1. The van der Waals surface area contributed by atoms with Crippen LogP contribution in [0.2, 0.25) is 0 Å². The van der Waals surface area contributed by atoms with Crippen LogP contribution in [0.15, 0.2) is 24.3 Å². The van der Waals surface area contributed by atoms with Crippen molar-refractivity contribution >= 4 is 27.3 Å². The Balaban J connectivity index is 2.26. The van der Waals surface area contributed by atoms with E-state index < -0.39 is 10.0 Å². The molecular formula is C15H22N2O3S. The van der Waals surface area contributed by atoms with Crippen molar-refractivity contribution < 1.29 is 13.2 Å². The third kappa shape index (κ3) is 4.20. The van der Waals surface area contributed by atoms with E-state index in [0.717, 1.165) is 19.3 Å². The van der Waals surface area contributed by atoms with E-state index in [1.165, 1.54) is 6.92 Å². The van der Waals surface area contributed by atoms with Gasteiger partial charge in [0.05, 0.1) is 17.1 Å². The van der Waals surface area contributed by atoms with E-state index in [2.05, 4.69) is 4.72 Å². The second-order valence-corrected chi connectivity index (χ2v) is 7.25. The molecule has 0 aromatic heterocycles. The predicted molar refractivity (Wildman–Crippen MR) is 84.9 cm³/mol. The van der Waals surface area contributed by atoms with Crippen LogP contribution in [0.4, 0.5) is 11.4 Å². The molecule has 1 aliphatic carbocycles. The van der Waals surface area contributed by atoms with E-state index in [9.17, 15) is 13.2 Å². The first-order valence-corrected chi connectivity index (χ1v) is 8.99.